The number of carbonyl (C=O) groups is 2. The van der Waals surface area contributed by atoms with E-state index >= 15 is 0 Å². The van der Waals surface area contributed by atoms with E-state index in [0.717, 1.165) is 5.76 Å². The topological polar surface area (TPSA) is 75.0 Å². The Kier molecular flexibility index (Phi) is 8.21. The maximum Gasteiger partial charge on any atom is 0.322 e. The van der Waals surface area contributed by atoms with E-state index in [1.807, 2.05) is 32.9 Å². The van der Waals surface area contributed by atoms with Gasteiger partial charge in [0.05, 0.1) is 13.2 Å². The fourth-order valence-corrected chi connectivity index (χ4v) is 2.75. The summed E-state index contributed by atoms with van der Waals surface area (Å²) in [7, 11) is 1.56. The molecule has 1 aromatic carbocycles. The van der Waals surface area contributed by atoms with E-state index in [9.17, 15) is 14.0 Å². The Hall–Kier alpha value is -2.87. The van der Waals surface area contributed by atoms with Gasteiger partial charge in [0.2, 0.25) is 5.91 Å². The predicted molar refractivity (Wildman–Crippen MR) is 108 cm³/mol. The molecule has 1 aromatic heterocycles. The predicted octanol–water partition coefficient (Wildman–Crippen LogP) is 3.64. The number of benzene rings is 1. The van der Waals surface area contributed by atoms with Crippen LogP contribution in [0.2, 0.25) is 0 Å². The normalized spacial score (nSPS) is 10.8. The van der Waals surface area contributed by atoms with Crippen LogP contribution in [0.4, 0.5) is 14.9 Å². The van der Waals surface area contributed by atoms with Gasteiger partial charge in [0.1, 0.15) is 23.9 Å². The average Bonchev–Trinajstić information content (AvgIpc) is 3.07. The van der Waals surface area contributed by atoms with Crippen molar-refractivity contribution in [3.05, 3.63) is 53.7 Å². The molecule has 0 atom stereocenters. The van der Waals surface area contributed by atoms with Crippen LogP contribution in [-0.4, -0.2) is 54.6 Å². The molecule has 0 spiro atoms. The number of methoxy groups -OCH3 is 1. The minimum absolute atomic E-state index is 0.123. The largest absolute Gasteiger partial charge is 0.464 e. The minimum Gasteiger partial charge on any atom is -0.464 e. The van der Waals surface area contributed by atoms with Crippen LogP contribution in [0.15, 0.2) is 40.8 Å². The summed E-state index contributed by atoms with van der Waals surface area (Å²) in [6.07, 6.45) is 0. The molecule has 0 aliphatic heterocycles. The molecule has 3 amide bonds. The number of rotatable bonds is 9. The third kappa shape index (κ3) is 6.90. The van der Waals surface area contributed by atoms with Crippen molar-refractivity contribution < 1.29 is 23.1 Å². The van der Waals surface area contributed by atoms with Crippen LogP contribution in [0.25, 0.3) is 0 Å². The zero-order chi connectivity index (χ0) is 21.4. The lowest BCUT2D eigenvalue weighted by Gasteiger charge is -2.29. The number of furan rings is 1. The van der Waals surface area contributed by atoms with Gasteiger partial charge in [0.15, 0.2) is 0 Å². The summed E-state index contributed by atoms with van der Waals surface area (Å²) in [5.74, 6) is 0.735. The zero-order valence-corrected chi connectivity index (χ0v) is 17.3. The lowest BCUT2D eigenvalue weighted by atomic mass is 10.3. The number of anilines is 1. The molecule has 2 aromatic rings. The second-order valence-electron chi connectivity index (χ2n) is 6.98. The lowest BCUT2D eigenvalue weighted by molar-refractivity contribution is -0.133. The van der Waals surface area contributed by atoms with Crippen LogP contribution in [0.5, 0.6) is 0 Å². The molecule has 0 fully saturated rings. The number of hydrogen-bond donors (Lipinski definition) is 1. The van der Waals surface area contributed by atoms with Crippen molar-refractivity contribution in [1.29, 1.82) is 0 Å². The molecular weight excluding hydrogens is 377 g/mol. The monoisotopic (exact) mass is 405 g/mol. The van der Waals surface area contributed by atoms with Gasteiger partial charge < -0.3 is 24.3 Å². The number of amides is 3. The third-order valence-electron chi connectivity index (χ3n) is 4.33. The van der Waals surface area contributed by atoms with Crippen molar-refractivity contribution in [2.75, 3.05) is 32.1 Å². The SMILES string of the molecule is COCCN(Cc1ccc(C)o1)C(=O)CN(C(=O)Nc1cccc(F)c1)C(C)C. The van der Waals surface area contributed by atoms with E-state index in [2.05, 4.69) is 5.32 Å². The van der Waals surface area contributed by atoms with Crippen molar-refractivity contribution in [3.63, 3.8) is 0 Å². The van der Waals surface area contributed by atoms with Crippen LogP contribution in [0.3, 0.4) is 0 Å². The molecule has 2 rings (SSSR count). The van der Waals surface area contributed by atoms with Crippen LogP contribution in [-0.2, 0) is 16.1 Å². The number of halogens is 1. The summed E-state index contributed by atoms with van der Waals surface area (Å²) in [5.41, 5.74) is 0.329. The molecule has 29 heavy (non-hydrogen) atoms. The molecular formula is C21H28FN3O4. The Bertz CT molecular complexity index is 822. The number of carbonyl (C=O) groups excluding carboxylic acids is 2. The van der Waals surface area contributed by atoms with Crippen molar-refractivity contribution in [2.24, 2.45) is 0 Å². The number of ether oxygens (including phenoxy) is 1. The highest BCUT2D eigenvalue weighted by Gasteiger charge is 2.24. The first-order chi connectivity index (χ1) is 13.8. The summed E-state index contributed by atoms with van der Waals surface area (Å²) in [6, 6.07) is 8.56. The van der Waals surface area contributed by atoms with E-state index in [0.29, 0.717) is 24.6 Å². The standard InChI is InChI=1S/C21H28FN3O4/c1-15(2)25(21(27)23-18-7-5-6-17(22)12-18)14-20(26)24(10-11-28-4)13-19-9-8-16(3)29-19/h5-9,12,15H,10-11,13-14H2,1-4H3,(H,23,27). The molecule has 8 heteroatoms. The molecule has 0 radical (unpaired) electrons. The van der Waals surface area contributed by atoms with Gasteiger partial charge in [-0.25, -0.2) is 9.18 Å². The molecule has 158 valence electrons. The second kappa shape index (κ2) is 10.6. The van der Waals surface area contributed by atoms with Crippen LogP contribution >= 0.6 is 0 Å². The fourth-order valence-electron chi connectivity index (χ4n) is 2.75. The average molecular weight is 405 g/mol. The molecule has 0 bridgehead atoms. The van der Waals surface area contributed by atoms with Crippen LogP contribution < -0.4 is 5.32 Å². The van der Waals surface area contributed by atoms with E-state index in [4.69, 9.17) is 9.15 Å². The van der Waals surface area contributed by atoms with Gasteiger partial charge in [-0.1, -0.05) is 6.07 Å². The molecule has 1 heterocycles. The summed E-state index contributed by atoms with van der Waals surface area (Å²) >= 11 is 0. The summed E-state index contributed by atoms with van der Waals surface area (Å²) in [5, 5.41) is 2.64. The molecule has 7 nitrogen and oxygen atoms in total. The fraction of sp³-hybridized carbons (Fsp3) is 0.429. The first-order valence-corrected chi connectivity index (χ1v) is 9.45. The summed E-state index contributed by atoms with van der Waals surface area (Å²) < 4.78 is 24.0. The first-order valence-electron chi connectivity index (χ1n) is 9.45. The molecule has 0 saturated heterocycles. The van der Waals surface area contributed by atoms with Crippen LogP contribution in [0, 0.1) is 12.7 Å². The molecule has 0 aliphatic rings. The van der Waals surface area contributed by atoms with Gasteiger partial charge in [-0.2, -0.15) is 0 Å². The zero-order valence-electron chi connectivity index (χ0n) is 17.3. The Balaban J connectivity index is 2.08. The second-order valence-corrected chi connectivity index (χ2v) is 6.98. The van der Waals surface area contributed by atoms with Crippen molar-refractivity contribution in [1.82, 2.24) is 9.80 Å². The quantitative estimate of drug-likeness (QED) is 0.691. The highest BCUT2D eigenvalue weighted by molar-refractivity contribution is 5.92. The first kappa shape index (κ1) is 22.4. The van der Waals surface area contributed by atoms with Crippen LogP contribution in [0.1, 0.15) is 25.4 Å². The maximum absolute atomic E-state index is 13.4. The highest BCUT2D eigenvalue weighted by Crippen LogP contribution is 2.13. The highest BCUT2D eigenvalue weighted by atomic mass is 19.1. The van der Waals surface area contributed by atoms with Gasteiger partial charge in [0.25, 0.3) is 0 Å². The van der Waals surface area contributed by atoms with Gasteiger partial charge >= 0.3 is 6.03 Å². The number of nitrogens with zero attached hydrogens (tertiary/aromatic N) is 2. The lowest BCUT2D eigenvalue weighted by Crippen LogP contribution is -2.47. The van der Waals surface area contributed by atoms with Crippen molar-refractivity contribution in [2.45, 2.75) is 33.4 Å². The Labute approximate surface area is 170 Å². The Morgan fingerprint density at radius 3 is 2.59 bits per heavy atom. The van der Waals surface area contributed by atoms with Gasteiger partial charge in [-0.3, -0.25) is 4.79 Å². The Morgan fingerprint density at radius 2 is 2.00 bits per heavy atom. The van der Waals surface area contributed by atoms with E-state index in [1.54, 1.807) is 18.1 Å². The number of nitrogens with one attached hydrogen (secondary N) is 1. The Morgan fingerprint density at radius 1 is 1.24 bits per heavy atom. The van der Waals surface area contributed by atoms with E-state index < -0.39 is 11.8 Å². The van der Waals surface area contributed by atoms with Gasteiger partial charge in [0, 0.05) is 25.4 Å². The molecule has 0 saturated carbocycles. The number of hydrogen-bond acceptors (Lipinski definition) is 4. The molecule has 1 N–H and O–H groups in total. The third-order valence-corrected chi connectivity index (χ3v) is 4.33. The number of aryl methyl sites for hydroxylation is 1. The van der Waals surface area contributed by atoms with E-state index in [1.165, 1.54) is 23.1 Å². The van der Waals surface area contributed by atoms with Gasteiger partial charge in [-0.15, -0.1) is 0 Å². The van der Waals surface area contributed by atoms with Crippen molar-refractivity contribution in [3.8, 4) is 0 Å². The van der Waals surface area contributed by atoms with E-state index in [-0.39, 0.29) is 25.0 Å². The molecule has 0 unspecified atom stereocenters. The van der Waals surface area contributed by atoms with Crippen molar-refractivity contribution >= 4 is 17.6 Å². The smallest absolute Gasteiger partial charge is 0.322 e. The van der Waals surface area contributed by atoms with Gasteiger partial charge in [-0.05, 0) is 51.1 Å². The molecule has 0 aliphatic carbocycles. The minimum atomic E-state index is -0.473. The maximum atomic E-state index is 13.4. The summed E-state index contributed by atoms with van der Waals surface area (Å²) in [4.78, 5) is 28.6. The summed E-state index contributed by atoms with van der Waals surface area (Å²) in [6.45, 7) is 6.36. The number of urea groups is 1.